The number of nitrogens with zero attached hydrogens (tertiary/aromatic N) is 2. The molecule has 1 saturated heterocycles. The Balaban J connectivity index is 1.93. The van der Waals surface area contributed by atoms with Gasteiger partial charge in [-0.1, -0.05) is 20.3 Å². The van der Waals surface area contributed by atoms with Crippen LogP contribution in [0.1, 0.15) is 58.8 Å². The maximum Gasteiger partial charge on any atom is 0.0223 e. The number of rotatable bonds is 5. The van der Waals surface area contributed by atoms with Gasteiger partial charge >= 0.3 is 0 Å². The molecule has 3 atom stereocenters. The predicted octanol–water partition coefficient (Wildman–Crippen LogP) is 2.71. The van der Waals surface area contributed by atoms with Crippen molar-refractivity contribution >= 4 is 0 Å². The summed E-state index contributed by atoms with van der Waals surface area (Å²) in [6.07, 6.45) is 9.50. The van der Waals surface area contributed by atoms with Gasteiger partial charge in [-0.05, 0) is 65.2 Å². The highest BCUT2D eigenvalue weighted by Gasteiger charge is 2.31. The average molecular weight is 281 g/mol. The Morgan fingerprint density at radius 2 is 1.95 bits per heavy atom. The lowest BCUT2D eigenvalue weighted by Gasteiger charge is -2.41. The van der Waals surface area contributed by atoms with Crippen molar-refractivity contribution in [2.75, 3.05) is 33.2 Å². The predicted molar refractivity (Wildman–Crippen MR) is 87.2 cm³/mol. The van der Waals surface area contributed by atoms with Crippen molar-refractivity contribution in [1.82, 2.24) is 15.1 Å². The number of likely N-dealkylation sites (N-methyl/N-ethyl adjacent to an activating group) is 1. The first-order valence-electron chi connectivity index (χ1n) is 8.92. The van der Waals surface area contributed by atoms with Crippen LogP contribution < -0.4 is 5.32 Å². The Morgan fingerprint density at radius 1 is 1.10 bits per heavy atom. The summed E-state index contributed by atoms with van der Waals surface area (Å²) in [5.74, 6) is 0. The third-order valence-corrected chi connectivity index (χ3v) is 5.22. The molecule has 0 spiro atoms. The van der Waals surface area contributed by atoms with Crippen LogP contribution in [0.2, 0.25) is 0 Å². The smallest absolute Gasteiger partial charge is 0.0223 e. The van der Waals surface area contributed by atoms with Crippen LogP contribution in [0.3, 0.4) is 0 Å². The SMILES string of the molecule is CCCNC1CCCC(N2CCCN(C)CC2CC)C1. The van der Waals surface area contributed by atoms with Gasteiger partial charge in [-0.3, -0.25) is 4.90 Å². The maximum absolute atomic E-state index is 3.76. The van der Waals surface area contributed by atoms with Crippen molar-refractivity contribution in [3.05, 3.63) is 0 Å². The van der Waals surface area contributed by atoms with Crippen molar-refractivity contribution < 1.29 is 0 Å². The van der Waals surface area contributed by atoms with Crippen molar-refractivity contribution in [3.63, 3.8) is 0 Å². The summed E-state index contributed by atoms with van der Waals surface area (Å²) in [5, 5.41) is 3.76. The summed E-state index contributed by atoms with van der Waals surface area (Å²) in [7, 11) is 2.29. The quantitative estimate of drug-likeness (QED) is 0.836. The molecule has 1 aliphatic carbocycles. The highest BCUT2D eigenvalue weighted by atomic mass is 15.3. The Hall–Kier alpha value is -0.120. The topological polar surface area (TPSA) is 18.5 Å². The molecular formula is C17H35N3. The summed E-state index contributed by atoms with van der Waals surface area (Å²) in [6.45, 7) is 9.68. The van der Waals surface area contributed by atoms with E-state index in [-0.39, 0.29) is 0 Å². The van der Waals surface area contributed by atoms with Crippen molar-refractivity contribution in [2.24, 2.45) is 0 Å². The zero-order chi connectivity index (χ0) is 14.4. The Kier molecular flexibility index (Phi) is 6.79. The first-order chi connectivity index (χ1) is 9.74. The van der Waals surface area contributed by atoms with E-state index in [4.69, 9.17) is 0 Å². The van der Waals surface area contributed by atoms with E-state index < -0.39 is 0 Å². The number of hydrogen-bond donors (Lipinski definition) is 1. The minimum absolute atomic E-state index is 0.771. The van der Waals surface area contributed by atoms with Crippen LogP contribution in [0.5, 0.6) is 0 Å². The van der Waals surface area contributed by atoms with Gasteiger partial charge in [-0.2, -0.15) is 0 Å². The highest BCUT2D eigenvalue weighted by molar-refractivity contribution is 4.89. The summed E-state index contributed by atoms with van der Waals surface area (Å²) in [4.78, 5) is 5.40. The molecule has 1 heterocycles. The normalized spacial score (nSPS) is 34.0. The third-order valence-electron chi connectivity index (χ3n) is 5.22. The summed E-state index contributed by atoms with van der Waals surface area (Å²) in [6, 6.07) is 2.37. The molecule has 0 amide bonds. The fraction of sp³-hybridized carbons (Fsp3) is 1.00. The standard InChI is InChI=1S/C17H35N3/c1-4-10-18-15-8-6-9-17(13-15)20-12-7-11-19(3)14-16(20)5-2/h15-18H,4-14H2,1-3H3. The van der Waals surface area contributed by atoms with E-state index in [9.17, 15) is 0 Å². The molecule has 2 aliphatic rings. The number of hydrogen-bond acceptors (Lipinski definition) is 3. The van der Waals surface area contributed by atoms with E-state index in [2.05, 4.69) is 36.0 Å². The van der Waals surface area contributed by atoms with Crippen LogP contribution in [0.25, 0.3) is 0 Å². The van der Waals surface area contributed by atoms with Gasteiger partial charge in [0.05, 0.1) is 0 Å². The molecule has 3 nitrogen and oxygen atoms in total. The molecule has 0 aromatic rings. The number of nitrogens with one attached hydrogen (secondary N) is 1. The van der Waals surface area contributed by atoms with Crippen molar-refractivity contribution in [3.8, 4) is 0 Å². The molecule has 2 rings (SSSR count). The maximum atomic E-state index is 3.76. The first-order valence-corrected chi connectivity index (χ1v) is 8.92. The van der Waals surface area contributed by atoms with Crippen LogP contribution in [0.15, 0.2) is 0 Å². The largest absolute Gasteiger partial charge is 0.314 e. The fourth-order valence-corrected chi connectivity index (χ4v) is 4.11. The van der Waals surface area contributed by atoms with Gasteiger partial charge in [0.2, 0.25) is 0 Å². The average Bonchev–Trinajstić information content (AvgIpc) is 2.66. The van der Waals surface area contributed by atoms with Crippen LogP contribution in [0.4, 0.5) is 0 Å². The van der Waals surface area contributed by atoms with E-state index in [1.807, 2.05) is 0 Å². The molecule has 0 aromatic carbocycles. The van der Waals surface area contributed by atoms with E-state index in [1.165, 1.54) is 71.1 Å². The molecular weight excluding hydrogens is 246 g/mol. The minimum atomic E-state index is 0.771. The second kappa shape index (κ2) is 8.35. The van der Waals surface area contributed by atoms with Crippen molar-refractivity contribution in [1.29, 1.82) is 0 Å². The van der Waals surface area contributed by atoms with Crippen LogP contribution in [-0.4, -0.2) is 61.2 Å². The second-order valence-corrected chi connectivity index (χ2v) is 6.89. The van der Waals surface area contributed by atoms with E-state index in [0.29, 0.717) is 0 Å². The molecule has 0 aromatic heterocycles. The lowest BCUT2D eigenvalue weighted by atomic mass is 9.88. The Bertz CT molecular complexity index is 269. The summed E-state index contributed by atoms with van der Waals surface area (Å²) in [5.41, 5.74) is 0. The van der Waals surface area contributed by atoms with E-state index in [0.717, 1.165) is 18.1 Å². The molecule has 20 heavy (non-hydrogen) atoms. The van der Waals surface area contributed by atoms with Gasteiger partial charge in [-0.15, -0.1) is 0 Å². The van der Waals surface area contributed by atoms with Crippen molar-refractivity contribution in [2.45, 2.75) is 76.9 Å². The summed E-state index contributed by atoms with van der Waals surface area (Å²) < 4.78 is 0. The van der Waals surface area contributed by atoms with E-state index >= 15 is 0 Å². The highest BCUT2D eigenvalue weighted by Crippen LogP contribution is 2.27. The minimum Gasteiger partial charge on any atom is -0.314 e. The molecule has 1 saturated carbocycles. The third kappa shape index (κ3) is 4.44. The second-order valence-electron chi connectivity index (χ2n) is 6.89. The van der Waals surface area contributed by atoms with Crippen LogP contribution in [0, 0.1) is 0 Å². The van der Waals surface area contributed by atoms with Gasteiger partial charge in [0.1, 0.15) is 0 Å². The molecule has 3 heteroatoms. The lowest BCUT2D eigenvalue weighted by molar-refractivity contribution is 0.0906. The molecule has 0 radical (unpaired) electrons. The van der Waals surface area contributed by atoms with Gasteiger partial charge in [0.15, 0.2) is 0 Å². The zero-order valence-corrected chi connectivity index (χ0v) is 13.9. The van der Waals surface area contributed by atoms with Gasteiger partial charge in [0.25, 0.3) is 0 Å². The zero-order valence-electron chi connectivity index (χ0n) is 13.9. The van der Waals surface area contributed by atoms with E-state index in [1.54, 1.807) is 0 Å². The molecule has 1 aliphatic heterocycles. The van der Waals surface area contributed by atoms with Gasteiger partial charge < -0.3 is 10.2 Å². The fourth-order valence-electron chi connectivity index (χ4n) is 4.11. The van der Waals surface area contributed by atoms with Crippen LogP contribution >= 0.6 is 0 Å². The van der Waals surface area contributed by atoms with Gasteiger partial charge in [-0.25, -0.2) is 0 Å². The molecule has 1 N–H and O–H groups in total. The van der Waals surface area contributed by atoms with Crippen LogP contribution in [-0.2, 0) is 0 Å². The summed E-state index contributed by atoms with van der Waals surface area (Å²) >= 11 is 0. The molecule has 0 bridgehead atoms. The molecule has 3 unspecified atom stereocenters. The van der Waals surface area contributed by atoms with Gasteiger partial charge in [0, 0.05) is 24.7 Å². The first kappa shape index (κ1) is 16.3. The lowest BCUT2D eigenvalue weighted by Crippen LogP contribution is -2.50. The molecule has 118 valence electrons. The monoisotopic (exact) mass is 281 g/mol. The molecule has 2 fully saturated rings. The Labute approximate surface area is 126 Å². The Morgan fingerprint density at radius 3 is 2.70 bits per heavy atom.